The summed E-state index contributed by atoms with van der Waals surface area (Å²) in [7, 11) is 0. The van der Waals surface area contributed by atoms with E-state index in [4.69, 9.17) is 4.74 Å². The number of hydrogen-bond acceptors (Lipinski definition) is 2. The van der Waals surface area contributed by atoms with Crippen LogP contribution in [0.15, 0.2) is 46.9 Å². The van der Waals surface area contributed by atoms with Crippen LogP contribution in [-0.2, 0) is 0 Å². The van der Waals surface area contributed by atoms with Gasteiger partial charge in [-0.25, -0.2) is 4.39 Å². The van der Waals surface area contributed by atoms with Crippen molar-refractivity contribution in [3.63, 3.8) is 0 Å². The topological polar surface area (TPSA) is 38.3 Å². The van der Waals surface area contributed by atoms with Crippen LogP contribution in [0.5, 0.6) is 5.75 Å². The lowest BCUT2D eigenvalue weighted by atomic mass is 10.2. The molecule has 1 amide bonds. The number of halogens is 2. The summed E-state index contributed by atoms with van der Waals surface area (Å²) in [5, 5.41) is 2.65. The van der Waals surface area contributed by atoms with E-state index in [0.717, 1.165) is 0 Å². The summed E-state index contributed by atoms with van der Waals surface area (Å²) >= 11 is 3.17. The van der Waals surface area contributed by atoms with E-state index in [1.54, 1.807) is 30.3 Å². The Morgan fingerprint density at radius 1 is 1.30 bits per heavy atom. The molecule has 0 atom stereocenters. The standard InChI is InChI=1S/C15H13BrFNO2/c1-2-20-11-6-3-5-10(9-11)18-15(19)14-12(16)7-4-8-13(14)17/h3-9H,2H2,1H3,(H,18,19). The van der Waals surface area contributed by atoms with E-state index >= 15 is 0 Å². The predicted molar refractivity (Wildman–Crippen MR) is 79.7 cm³/mol. The number of anilines is 1. The summed E-state index contributed by atoms with van der Waals surface area (Å²) in [6.07, 6.45) is 0. The molecule has 0 radical (unpaired) electrons. The zero-order valence-electron chi connectivity index (χ0n) is 10.8. The number of nitrogens with one attached hydrogen (secondary N) is 1. The average Bonchev–Trinajstić information content (AvgIpc) is 2.39. The molecule has 0 aliphatic carbocycles. The zero-order chi connectivity index (χ0) is 14.5. The molecule has 0 bridgehead atoms. The Morgan fingerprint density at radius 2 is 2.05 bits per heavy atom. The highest BCUT2D eigenvalue weighted by Crippen LogP contribution is 2.22. The van der Waals surface area contributed by atoms with Gasteiger partial charge in [0.2, 0.25) is 0 Å². The summed E-state index contributed by atoms with van der Waals surface area (Å²) in [4.78, 5) is 12.1. The first kappa shape index (κ1) is 14.5. The van der Waals surface area contributed by atoms with Crippen molar-refractivity contribution >= 4 is 27.5 Å². The molecule has 0 heterocycles. The van der Waals surface area contributed by atoms with Gasteiger partial charge in [0.05, 0.1) is 12.2 Å². The summed E-state index contributed by atoms with van der Waals surface area (Å²) in [6, 6.07) is 11.4. The van der Waals surface area contributed by atoms with Crippen molar-refractivity contribution in [2.75, 3.05) is 11.9 Å². The molecule has 2 aromatic rings. The minimum atomic E-state index is -0.571. The van der Waals surface area contributed by atoms with Gasteiger partial charge in [-0.1, -0.05) is 12.1 Å². The second-order valence-electron chi connectivity index (χ2n) is 4.01. The molecule has 2 rings (SSSR count). The minimum absolute atomic E-state index is 0.0192. The lowest BCUT2D eigenvalue weighted by Crippen LogP contribution is -2.14. The van der Waals surface area contributed by atoms with Gasteiger partial charge in [0.1, 0.15) is 11.6 Å². The molecule has 0 unspecified atom stereocenters. The van der Waals surface area contributed by atoms with Crippen LogP contribution in [0.3, 0.4) is 0 Å². The Balaban J connectivity index is 2.21. The van der Waals surface area contributed by atoms with Gasteiger partial charge in [-0.05, 0) is 47.1 Å². The molecule has 0 saturated carbocycles. The lowest BCUT2D eigenvalue weighted by molar-refractivity contribution is 0.102. The summed E-state index contributed by atoms with van der Waals surface area (Å²) in [6.45, 7) is 2.41. The summed E-state index contributed by atoms with van der Waals surface area (Å²) in [5.74, 6) is -0.431. The van der Waals surface area contributed by atoms with Gasteiger partial charge in [-0.15, -0.1) is 0 Å². The molecule has 20 heavy (non-hydrogen) atoms. The van der Waals surface area contributed by atoms with Crippen LogP contribution in [0.4, 0.5) is 10.1 Å². The lowest BCUT2D eigenvalue weighted by Gasteiger charge is -2.09. The molecule has 0 spiro atoms. The minimum Gasteiger partial charge on any atom is -0.494 e. The number of carbonyl (C=O) groups is 1. The van der Waals surface area contributed by atoms with E-state index in [1.165, 1.54) is 12.1 Å². The van der Waals surface area contributed by atoms with Crippen molar-refractivity contribution in [3.8, 4) is 5.75 Å². The van der Waals surface area contributed by atoms with Gasteiger partial charge in [0.25, 0.3) is 5.91 Å². The molecule has 5 heteroatoms. The normalized spacial score (nSPS) is 10.2. The number of amides is 1. The van der Waals surface area contributed by atoms with E-state index in [2.05, 4.69) is 21.2 Å². The average molecular weight is 338 g/mol. The number of benzene rings is 2. The van der Waals surface area contributed by atoms with E-state index in [0.29, 0.717) is 22.5 Å². The van der Waals surface area contributed by atoms with Crippen LogP contribution in [0.25, 0.3) is 0 Å². The molecule has 0 aliphatic rings. The van der Waals surface area contributed by atoms with Crippen LogP contribution in [-0.4, -0.2) is 12.5 Å². The van der Waals surface area contributed by atoms with Gasteiger partial charge in [0, 0.05) is 16.2 Å². The van der Waals surface area contributed by atoms with Crippen LogP contribution >= 0.6 is 15.9 Å². The quantitative estimate of drug-likeness (QED) is 0.906. The maximum atomic E-state index is 13.7. The Bertz CT molecular complexity index is 611. The number of rotatable bonds is 4. The molecule has 1 N–H and O–H groups in total. The zero-order valence-corrected chi connectivity index (χ0v) is 12.4. The Kier molecular flexibility index (Phi) is 4.74. The number of carbonyl (C=O) groups excluding carboxylic acids is 1. The molecular formula is C15H13BrFNO2. The highest BCUT2D eigenvalue weighted by atomic mass is 79.9. The number of ether oxygens (including phenoxy) is 1. The van der Waals surface area contributed by atoms with Crippen molar-refractivity contribution in [1.82, 2.24) is 0 Å². The fourth-order valence-corrected chi connectivity index (χ4v) is 2.26. The van der Waals surface area contributed by atoms with Crippen LogP contribution in [0.1, 0.15) is 17.3 Å². The third-order valence-corrected chi connectivity index (χ3v) is 3.25. The fourth-order valence-electron chi connectivity index (χ4n) is 1.74. The Morgan fingerprint density at radius 3 is 2.75 bits per heavy atom. The fraction of sp³-hybridized carbons (Fsp3) is 0.133. The second kappa shape index (κ2) is 6.52. The third kappa shape index (κ3) is 3.36. The Hall–Kier alpha value is -1.88. The predicted octanol–water partition coefficient (Wildman–Crippen LogP) is 4.24. The molecule has 0 fully saturated rings. The van der Waals surface area contributed by atoms with Crippen molar-refractivity contribution in [1.29, 1.82) is 0 Å². The van der Waals surface area contributed by atoms with Crippen molar-refractivity contribution in [2.45, 2.75) is 6.92 Å². The van der Waals surface area contributed by atoms with Gasteiger partial charge in [-0.2, -0.15) is 0 Å². The van der Waals surface area contributed by atoms with Gasteiger partial charge < -0.3 is 10.1 Å². The van der Waals surface area contributed by atoms with E-state index in [1.807, 2.05) is 6.92 Å². The first-order chi connectivity index (χ1) is 9.61. The third-order valence-electron chi connectivity index (χ3n) is 2.59. The molecular weight excluding hydrogens is 325 g/mol. The molecule has 0 saturated heterocycles. The molecule has 0 aromatic heterocycles. The van der Waals surface area contributed by atoms with Crippen LogP contribution in [0.2, 0.25) is 0 Å². The number of hydrogen-bond donors (Lipinski definition) is 1. The maximum absolute atomic E-state index is 13.7. The molecule has 0 aliphatic heterocycles. The first-order valence-electron chi connectivity index (χ1n) is 6.10. The monoisotopic (exact) mass is 337 g/mol. The maximum Gasteiger partial charge on any atom is 0.259 e. The Labute approximate surface area is 124 Å². The summed E-state index contributed by atoms with van der Waals surface area (Å²) in [5.41, 5.74) is 0.533. The van der Waals surface area contributed by atoms with Gasteiger partial charge in [-0.3, -0.25) is 4.79 Å². The SMILES string of the molecule is CCOc1cccc(NC(=O)c2c(F)cccc2Br)c1. The van der Waals surface area contributed by atoms with Crippen molar-refractivity contribution in [3.05, 3.63) is 58.3 Å². The van der Waals surface area contributed by atoms with Crippen molar-refractivity contribution < 1.29 is 13.9 Å². The molecule has 104 valence electrons. The molecule has 2 aromatic carbocycles. The first-order valence-corrected chi connectivity index (χ1v) is 6.89. The smallest absolute Gasteiger partial charge is 0.259 e. The van der Waals surface area contributed by atoms with E-state index in [-0.39, 0.29) is 5.56 Å². The van der Waals surface area contributed by atoms with E-state index in [9.17, 15) is 9.18 Å². The second-order valence-corrected chi connectivity index (χ2v) is 4.87. The van der Waals surface area contributed by atoms with Gasteiger partial charge >= 0.3 is 0 Å². The summed E-state index contributed by atoms with van der Waals surface area (Å²) < 4.78 is 19.4. The molecule has 3 nitrogen and oxygen atoms in total. The van der Waals surface area contributed by atoms with Crippen LogP contribution < -0.4 is 10.1 Å². The van der Waals surface area contributed by atoms with Crippen LogP contribution in [0, 0.1) is 5.82 Å². The highest BCUT2D eigenvalue weighted by molar-refractivity contribution is 9.10. The van der Waals surface area contributed by atoms with Gasteiger partial charge in [0.15, 0.2) is 0 Å². The van der Waals surface area contributed by atoms with Crippen molar-refractivity contribution in [2.24, 2.45) is 0 Å². The highest BCUT2D eigenvalue weighted by Gasteiger charge is 2.15. The van der Waals surface area contributed by atoms with E-state index < -0.39 is 11.7 Å². The largest absolute Gasteiger partial charge is 0.494 e.